The monoisotopic (exact) mass is 380 g/mol. The third-order valence-electron chi connectivity index (χ3n) is 3.26. The van der Waals surface area contributed by atoms with E-state index in [1.165, 1.54) is 4.90 Å². The normalized spacial score (nSPS) is 16.0. The molecular formula is C17H18NO5S2-. The maximum Gasteiger partial charge on any atom is 0.266 e. The Balaban J connectivity index is 2.21. The minimum Gasteiger partial charge on any atom is -0.550 e. The van der Waals surface area contributed by atoms with Gasteiger partial charge in [0.1, 0.15) is 4.32 Å². The van der Waals surface area contributed by atoms with Gasteiger partial charge in [-0.1, -0.05) is 30.0 Å². The highest BCUT2D eigenvalue weighted by Gasteiger charge is 2.31. The van der Waals surface area contributed by atoms with E-state index in [4.69, 9.17) is 21.7 Å². The molecule has 1 aromatic rings. The van der Waals surface area contributed by atoms with Crippen LogP contribution in [-0.2, 0) is 9.59 Å². The van der Waals surface area contributed by atoms with Gasteiger partial charge in [-0.3, -0.25) is 9.69 Å². The summed E-state index contributed by atoms with van der Waals surface area (Å²) in [5.41, 5.74) is 0.758. The molecule has 2 rings (SSSR count). The molecule has 25 heavy (non-hydrogen) atoms. The van der Waals surface area contributed by atoms with Gasteiger partial charge in [0.05, 0.1) is 18.1 Å². The van der Waals surface area contributed by atoms with Crippen molar-refractivity contribution in [2.24, 2.45) is 0 Å². The minimum atomic E-state index is -1.22. The SMILES string of the molecule is COc1cc(/C=C2\SC(=S)N(CCC(=O)[O-])C2=O)ccc1OC(C)C. The summed E-state index contributed by atoms with van der Waals surface area (Å²) in [4.78, 5) is 24.7. The number of carbonyl (C=O) groups excluding carboxylic acids is 2. The van der Waals surface area contributed by atoms with Gasteiger partial charge in [-0.2, -0.15) is 0 Å². The van der Waals surface area contributed by atoms with Crippen LogP contribution in [0.2, 0.25) is 0 Å². The lowest BCUT2D eigenvalue weighted by atomic mass is 10.2. The predicted octanol–water partition coefficient (Wildman–Crippen LogP) is 1.82. The van der Waals surface area contributed by atoms with E-state index in [9.17, 15) is 14.7 Å². The van der Waals surface area contributed by atoms with Crippen LogP contribution in [0, 0.1) is 0 Å². The number of carboxylic acid groups (broad SMARTS) is 1. The van der Waals surface area contributed by atoms with Gasteiger partial charge in [0.2, 0.25) is 0 Å². The molecule has 0 aromatic heterocycles. The average molecular weight is 380 g/mol. The molecule has 1 aliphatic rings. The number of carbonyl (C=O) groups is 2. The van der Waals surface area contributed by atoms with Crippen LogP contribution in [0.25, 0.3) is 6.08 Å². The maximum atomic E-state index is 12.4. The van der Waals surface area contributed by atoms with Crippen molar-refractivity contribution >= 4 is 46.3 Å². The fourth-order valence-corrected chi connectivity index (χ4v) is 3.48. The molecule has 0 atom stereocenters. The number of amides is 1. The van der Waals surface area contributed by atoms with E-state index in [0.29, 0.717) is 20.7 Å². The van der Waals surface area contributed by atoms with Gasteiger partial charge in [-0.15, -0.1) is 0 Å². The molecule has 0 saturated carbocycles. The van der Waals surface area contributed by atoms with Crippen LogP contribution in [0.15, 0.2) is 23.1 Å². The molecule has 1 aliphatic heterocycles. The standard InChI is InChI=1S/C17H19NO5S2/c1-10(2)23-12-5-4-11(8-13(12)22-3)9-14-16(21)18(17(24)25-14)7-6-15(19)20/h4-5,8-10H,6-7H2,1-3H3,(H,19,20)/p-1/b14-9-. The fourth-order valence-electron chi connectivity index (χ4n) is 2.17. The van der Waals surface area contributed by atoms with E-state index in [1.807, 2.05) is 19.9 Å². The van der Waals surface area contributed by atoms with Gasteiger partial charge < -0.3 is 19.4 Å². The number of rotatable bonds is 7. The molecule has 0 N–H and O–H groups in total. The van der Waals surface area contributed by atoms with Crippen molar-refractivity contribution in [2.75, 3.05) is 13.7 Å². The Bertz CT molecular complexity index is 730. The van der Waals surface area contributed by atoms with Crippen LogP contribution in [0.5, 0.6) is 11.5 Å². The average Bonchev–Trinajstić information content (AvgIpc) is 2.80. The van der Waals surface area contributed by atoms with Gasteiger partial charge in [0, 0.05) is 18.9 Å². The van der Waals surface area contributed by atoms with Crippen LogP contribution >= 0.6 is 24.0 Å². The minimum absolute atomic E-state index is 0.00876. The molecule has 8 heteroatoms. The van der Waals surface area contributed by atoms with Crippen LogP contribution in [0.4, 0.5) is 0 Å². The number of aliphatic carboxylic acids is 1. The molecule has 1 saturated heterocycles. The van der Waals surface area contributed by atoms with Crippen molar-refractivity contribution in [3.63, 3.8) is 0 Å². The number of thiocarbonyl (C=S) groups is 1. The van der Waals surface area contributed by atoms with E-state index in [0.717, 1.165) is 17.3 Å². The van der Waals surface area contributed by atoms with Crippen LogP contribution in [0.3, 0.4) is 0 Å². The first-order valence-corrected chi connectivity index (χ1v) is 8.84. The molecule has 1 heterocycles. The first-order chi connectivity index (χ1) is 11.8. The van der Waals surface area contributed by atoms with Crippen molar-refractivity contribution in [3.8, 4) is 11.5 Å². The van der Waals surface area contributed by atoms with E-state index < -0.39 is 5.97 Å². The lowest BCUT2D eigenvalue weighted by molar-refractivity contribution is -0.305. The molecule has 0 spiro atoms. The molecule has 1 fully saturated rings. The summed E-state index contributed by atoms with van der Waals surface area (Å²) in [6.45, 7) is 3.85. The number of ether oxygens (including phenoxy) is 2. The quantitative estimate of drug-likeness (QED) is 0.527. The van der Waals surface area contributed by atoms with Gasteiger partial charge in [-0.05, 0) is 37.6 Å². The lowest BCUT2D eigenvalue weighted by Gasteiger charge is -2.14. The highest BCUT2D eigenvalue weighted by atomic mass is 32.2. The van der Waals surface area contributed by atoms with E-state index in [1.54, 1.807) is 25.3 Å². The largest absolute Gasteiger partial charge is 0.550 e. The Morgan fingerprint density at radius 1 is 1.40 bits per heavy atom. The number of thioether (sulfide) groups is 1. The molecule has 0 radical (unpaired) electrons. The summed E-state index contributed by atoms with van der Waals surface area (Å²) >= 11 is 6.29. The fraction of sp³-hybridized carbons (Fsp3) is 0.353. The highest BCUT2D eigenvalue weighted by Crippen LogP contribution is 2.35. The number of benzene rings is 1. The zero-order valence-electron chi connectivity index (χ0n) is 14.1. The van der Waals surface area contributed by atoms with Crippen LogP contribution in [0.1, 0.15) is 25.8 Å². The zero-order valence-corrected chi connectivity index (χ0v) is 15.7. The number of nitrogens with zero attached hydrogens (tertiary/aromatic N) is 1. The second-order valence-electron chi connectivity index (χ2n) is 5.53. The highest BCUT2D eigenvalue weighted by molar-refractivity contribution is 8.26. The summed E-state index contributed by atoms with van der Waals surface area (Å²) in [6.07, 6.45) is 1.45. The van der Waals surface area contributed by atoms with Gasteiger partial charge in [0.25, 0.3) is 5.91 Å². The molecule has 0 unspecified atom stereocenters. The first kappa shape index (κ1) is 19.3. The number of hydrogen-bond acceptors (Lipinski definition) is 7. The molecule has 134 valence electrons. The van der Waals surface area contributed by atoms with Gasteiger partial charge in [0.15, 0.2) is 11.5 Å². The summed E-state index contributed by atoms with van der Waals surface area (Å²) in [6, 6.07) is 5.36. The predicted molar refractivity (Wildman–Crippen MR) is 98.3 cm³/mol. The molecule has 1 aromatic carbocycles. The molecule has 0 aliphatic carbocycles. The molecular weight excluding hydrogens is 362 g/mol. The second kappa shape index (κ2) is 8.35. The summed E-state index contributed by atoms with van der Waals surface area (Å²) < 4.78 is 11.3. The Morgan fingerprint density at radius 3 is 2.72 bits per heavy atom. The van der Waals surface area contributed by atoms with E-state index >= 15 is 0 Å². The van der Waals surface area contributed by atoms with E-state index in [2.05, 4.69) is 0 Å². The molecule has 6 nitrogen and oxygen atoms in total. The van der Waals surface area contributed by atoms with Crippen LogP contribution < -0.4 is 14.6 Å². The third-order valence-corrected chi connectivity index (χ3v) is 4.64. The molecule has 0 bridgehead atoms. The zero-order chi connectivity index (χ0) is 18.6. The number of hydrogen-bond donors (Lipinski definition) is 0. The van der Waals surface area contributed by atoms with Gasteiger partial charge in [-0.25, -0.2) is 0 Å². The Hall–Kier alpha value is -2.06. The Labute approximate surface area is 155 Å². The Morgan fingerprint density at radius 2 is 2.12 bits per heavy atom. The van der Waals surface area contributed by atoms with Crippen molar-refractivity contribution in [1.82, 2.24) is 4.90 Å². The number of methoxy groups -OCH3 is 1. The molecule has 1 amide bonds. The van der Waals surface area contributed by atoms with E-state index in [-0.39, 0.29) is 25.0 Å². The van der Waals surface area contributed by atoms with Gasteiger partial charge >= 0.3 is 0 Å². The number of carboxylic acids is 1. The summed E-state index contributed by atoms with van der Waals surface area (Å²) in [7, 11) is 1.55. The lowest BCUT2D eigenvalue weighted by Crippen LogP contribution is -2.33. The van der Waals surface area contributed by atoms with Crippen molar-refractivity contribution in [3.05, 3.63) is 28.7 Å². The van der Waals surface area contributed by atoms with Crippen LogP contribution in [-0.4, -0.2) is 40.9 Å². The maximum absolute atomic E-state index is 12.4. The summed E-state index contributed by atoms with van der Waals surface area (Å²) in [5, 5.41) is 10.6. The summed E-state index contributed by atoms with van der Waals surface area (Å²) in [5.74, 6) is -0.340. The van der Waals surface area contributed by atoms with Crippen molar-refractivity contribution in [1.29, 1.82) is 0 Å². The third kappa shape index (κ3) is 4.96. The van der Waals surface area contributed by atoms with Crippen molar-refractivity contribution < 1.29 is 24.2 Å². The second-order valence-corrected chi connectivity index (χ2v) is 7.21. The van der Waals surface area contributed by atoms with Crippen molar-refractivity contribution in [2.45, 2.75) is 26.4 Å². The smallest absolute Gasteiger partial charge is 0.266 e. The first-order valence-electron chi connectivity index (χ1n) is 7.61. The Kier molecular flexibility index (Phi) is 6.44. The topological polar surface area (TPSA) is 78.9 Å².